The van der Waals surface area contributed by atoms with Crippen molar-refractivity contribution in [2.24, 2.45) is 0 Å². The van der Waals surface area contributed by atoms with Crippen LogP contribution in [0.2, 0.25) is 0 Å². The van der Waals surface area contributed by atoms with Gasteiger partial charge in [0, 0.05) is 27.3 Å². The Morgan fingerprint density at radius 2 is 1.00 bits per heavy atom. The monoisotopic (exact) mass is 660 g/mol. The summed E-state index contributed by atoms with van der Waals surface area (Å²) in [5.74, 6) is 0. The molecule has 2 radical (unpaired) electrons. The predicted molar refractivity (Wildman–Crippen MR) is 29.8 cm³/mol. The molecule has 0 nitrogen and oxygen atoms in total. The summed E-state index contributed by atoms with van der Waals surface area (Å²) in [6, 6.07) is 0. The number of rotatable bonds is 0. The summed E-state index contributed by atoms with van der Waals surface area (Å²) in [5, 5.41) is 0. The first kappa shape index (κ1) is 25.8. The molecule has 0 aliphatic heterocycles. The van der Waals surface area contributed by atoms with Crippen LogP contribution in [0.4, 0.5) is 0 Å². The Morgan fingerprint density at radius 3 is 1.00 bits per heavy atom. The van der Waals surface area contributed by atoms with E-state index in [-0.39, 0.29) is 105 Å². The molecule has 4 heavy (non-hydrogen) atoms. The van der Waals surface area contributed by atoms with E-state index in [2.05, 4.69) is 0 Å². The molecule has 0 heterocycles. The molecule has 0 fully saturated rings. The fourth-order valence-corrected chi connectivity index (χ4v) is 0. The van der Waals surface area contributed by atoms with Crippen molar-refractivity contribution < 1.29 is 27.3 Å². The van der Waals surface area contributed by atoms with E-state index in [4.69, 9.17) is 0 Å². The van der Waals surface area contributed by atoms with Gasteiger partial charge >= 0.3 is 77.4 Å². The van der Waals surface area contributed by atoms with Crippen LogP contribution in [0.25, 0.3) is 0 Å². The van der Waals surface area contributed by atoms with Crippen LogP contribution in [0.1, 0.15) is 0 Å². The quantitative estimate of drug-likeness (QED) is 0.237. The van der Waals surface area contributed by atoms with Crippen molar-refractivity contribution in [3.8, 4) is 0 Å². The van der Waals surface area contributed by atoms with Crippen molar-refractivity contribution in [3.05, 3.63) is 0 Å². The van der Waals surface area contributed by atoms with Gasteiger partial charge in [-0.25, -0.2) is 0 Å². The molecule has 0 saturated carbocycles. The van der Waals surface area contributed by atoms with Crippen molar-refractivity contribution in [1.82, 2.24) is 0 Å². The second-order valence-corrected chi connectivity index (χ2v) is 0. The second-order valence-electron chi connectivity index (χ2n) is 0. The van der Waals surface area contributed by atoms with Crippen molar-refractivity contribution >= 4 is 77.4 Å². The van der Waals surface area contributed by atoms with Crippen LogP contribution in [0, 0.1) is 0 Å². The van der Waals surface area contributed by atoms with Gasteiger partial charge in [0.25, 0.3) is 0 Å². The van der Waals surface area contributed by atoms with E-state index in [9.17, 15) is 0 Å². The van der Waals surface area contributed by atoms with Gasteiger partial charge in [-0.15, -0.1) is 0 Å². The Hall–Kier alpha value is 3.53. The summed E-state index contributed by atoms with van der Waals surface area (Å²) in [7, 11) is 0. The van der Waals surface area contributed by atoms with Crippen LogP contribution in [-0.4, -0.2) is 77.4 Å². The van der Waals surface area contributed by atoms with Gasteiger partial charge < -0.3 is 0 Å². The predicted octanol–water partition coefficient (Wildman–Crippen LogP) is -3.55. The topological polar surface area (TPSA) is 0 Å². The minimum absolute atomic E-state index is 0. The molecule has 0 aliphatic carbocycles. The summed E-state index contributed by atoms with van der Waals surface area (Å²) >= 11 is 0. The maximum absolute atomic E-state index is 0. The standard InChI is InChI=1S/Bi.Cd.Pb.Sn.9H. The number of hydrogen-bond donors (Lipinski definition) is 0. The average molecular weight is 656 g/mol. The van der Waals surface area contributed by atoms with Gasteiger partial charge in [-0.1, -0.05) is 0 Å². The Labute approximate surface area is 102 Å². The van der Waals surface area contributed by atoms with E-state index in [0.717, 1.165) is 0 Å². The van der Waals surface area contributed by atoms with Crippen molar-refractivity contribution in [1.29, 1.82) is 0 Å². The number of hydrogen-bond acceptors (Lipinski definition) is 0. The average Bonchev–Trinajstić information content (AvgIpc) is 0. The SMILES string of the molecule is [BiH3].[Cd].[PbH2].[SnH4]. The van der Waals surface area contributed by atoms with Crippen LogP contribution in [0.5, 0.6) is 0 Å². The molecule has 0 N–H and O–H groups in total. The van der Waals surface area contributed by atoms with E-state index in [1.165, 1.54) is 0 Å². The molecule has 0 amide bonds. The van der Waals surface area contributed by atoms with Gasteiger partial charge in [0.05, 0.1) is 0 Å². The molecule has 0 bridgehead atoms. The van der Waals surface area contributed by atoms with Gasteiger partial charge in [-0.3, -0.25) is 0 Å². The molecule has 0 rings (SSSR count). The first-order valence-corrected chi connectivity index (χ1v) is 0. The first-order chi connectivity index (χ1) is 0. The van der Waals surface area contributed by atoms with Gasteiger partial charge in [-0.2, -0.15) is 0 Å². The van der Waals surface area contributed by atoms with Crippen LogP contribution < -0.4 is 0 Å². The first-order valence-electron chi connectivity index (χ1n) is 0. The van der Waals surface area contributed by atoms with Gasteiger partial charge in [-0.05, 0) is 0 Å². The zero-order valence-corrected chi connectivity index (χ0v) is 17.2. The molecular weight excluding hydrogens is 647 g/mol. The summed E-state index contributed by atoms with van der Waals surface area (Å²) < 4.78 is 0. The van der Waals surface area contributed by atoms with E-state index >= 15 is 0 Å². The van der Waals surface area contributed by atoms with Crippen LogP contribution in [-0.2, 0) is 27.3 Å². The normalized spacial score (nSPS) is 0. The molecule has 0 atom stereocenters. The minimum atomic E-state index is 0. The van der Waals surface area contributed by atoms with Crippen LogP contribution >= 0.6 is 0 Å². The van der Waals surface area contributed by atoms with E-state index in [1.807, 2.05) is 0 Å². The zero-order chi connectivity index (χ0) is 0. The summed E-state index contributed by atoms with van der Waals surface area (Å²) in [6.45, 7) is 0. The van der Waals surface area contributed by atoms with Crippen molar-refractivity contribution in [2.75, 3.05) is 0 Å². The van der Waals surface area contributed by atoms with Gasteiger partial charge in [0.2, 0.25) is 0 Å². The van der Waals surface area contributed by atoms with E-state index in [0.29, 0.717) is 0 Å². The molecule has 0 aromatic carbocycles. The zero-order valence-electron chi connectivity index (χ0n) is 2.12. The molecule has 0 aromatic heterocycles. The summed E-state index contributed by atoms with van der Waals surface area (Å²) in [5.41, 5.74) is 0. The van der Waals surface area contributed by atoms with Crippen LogP contribution in [0.15, 0.2) is 0 Å². The van der Waals surface area contributed by atoms with Crippen molar-refractivity contribution in [3.63, 3.8) is 0 Å². The Bertz CT molecular complexity index is 8.00. The fraction of sp³-hybridized carbons (Fsp3) is 0. The Morgan fingerprint density at radius 1 is 1.00 bits per heavy atom. The molecule has 0 aliphatic rings. The molecule has 4 heteroatoms. The fourth-order valence-electron chi connectivity index (χ4n) is 0. The van der Waals surface area contributed by atoms with E-state index in [1.54, 1.807) is 0 Å². The molecule has 0 spiro atoms. The third kappa shape index (κ3) is 9.10. The van der Waals surface area contributed by atoms with Crippen molar-refractivity contribution in [2.45, 2.75) is 0 Å². The summed E-state index contributed by atoms with van der Waals surface area (Å²) in [4.78, 5) is 0. The van der Waals surface area contributed by atoms with Gasteiger partial charge in [0.1, 0.15) is 0 Å². The molecule has 0 unspecified atom stereocenters. The second kappa shape index (κ2) is 16.0. The Balaban J connectivity index is 0. The molecule has 0 aromatic rings. The third-order valence-corrected chi connectivity index (χ3v) is 0. The molecule has 24 valence electrons. The van der Waals surface area contributed by atoms with Gasteiger partial charge in [0.15, 0.2) is 0 Å². The van der Waals surface area contributed by atoms with E-state index < -0.39 is 0 Å². The van der Waals surface area contributed by atoms with Crippen LogP contribution in [0.3, 0.4) is 0 Å². The molecular formula is H9BiCdPbSn. The third-order valence-electron chi connectivity index (χ3n) is 0. The Kier molecular flexibility index (Phi) is 103. The maximum atomic E-state index is 0. The molecule has 0 saturated heterocycles. The summed E-state index contributed by atoms with van der Waals surface area (Å²) in [6.07, 6.45) is 0.